The van der Waals surface area contributed by atoms with E-state index in [1.165, 1.54) is 6.92 Å². The average Bonchev–Trinajstić information content (AvgIpc) is 2.68. The molecule has 184 valence electrons. The zero-order valence-corrected chi connectivity index (χ0v) is 19.1. The van der Waals surface area contributed by atoms with E-state index in [-0.39, 0.29) is 12.2 Å². The van der Waals surface area contributed by atoms with Crippen molar-refractivity contribution in [2.75, 3.05) is 13.7 Å². The maximum Gasteiger partial charge on any atom is 0.377 e. The van der Waals surface area contributed by atoms with Gasteiger partial charge in [-0.15, -0.1) is 0 Å². The summed E-state index contributed by atoms with van der Waals surface area (Å²) in [5.41, 5.74) is 0. The Kier molecular flexibility index (Phi) is 10.3. The summed E-state index contributed by atoms with van der Waals surface area (Å²) in [5, 5.41) is 2.52. The summed E-state index contributed by atoms with van der Waals surface area (Å²) in [4.78, 5) is 70.4. The van der Waals surface area contributed by atoms with Gasteiger partial charge < -0.3 is 33.7 Å². The first kappa shape index (κ1) is 27.4. The van der Waals surface area contributed by atoms with Crippen LogP contribution in [-0.4, -0.2) is 73.8 Å². The Morgan fingerprint density at radius 1 is 0.939 bits per heavy atom. The Hall–Kier alpha value is -3.64. The fraction of sp³-hybridized carbons (Fsp3) is 0.600. The maximum absolute atomic E-state index is 12.4. The average molecular weight is 473 g/mol. The SMILES string of the molecule is COC(=O)C1=C(OC(C)=O)[C@@H](NC(C)=O)C[C@H]([C@@H](OC(C)=O)[C@@H](COC(C)=O)OC(C)=O)O1. The molecule has 0 saturated carbocycles. The van der Waals surface area contributed by atoms with Crippen molar-refractivity contribution in [3.63, 3.8) is 0 Å². The third-order valence-corrected chi connectivity index (χ3v) is 4.08. The molecule has 33 heavy (non-hydrogen) atoms. The molecule has 1 aliphatic rings. The first-order valence-electron chi connectivity index (χ1n) is 9.78. The first-order valence-corrected chi connectivity index (χ1v) is 9.78. The van der Waals surface area contributed by atoms with Gasteiger partial charge in [0, 0.05) is 41.0 Å². The van der Waals surface area contributed by atoms with Crippen molar-refractivity contribution >= 4 is 35.8 Å². The molecule has 0 unspecified atom stereocenters. The van der Waals surface area contributed by atoms with Gasteiger partial charge in [0.25, 0.3) is 0 Å². The summed E-state index contributed by atoms with van der Waals surface area (Å²) in [5.74, 6) is -5.52. The largest absolute Gasteiger partial charge is 0.477 e. The fourth-order valence-corrected chi connectivity index (χ4v) is 3.03. The molecule has 0 saturated heterocycles. The molecule has 0 aromatic rings. The number of carbonyl (C=O) groups excluding carboxylic acids is 6. The van der Waals surface area contributed by atoms with E-state index in [4.69, 9.17) is 23.7 Å². The maximum atomic E-state index is 12.4. The summed E-state index contributed by atoms with van der Waals surface area (Å²) < 4.78 is 30.8. The van der Waals surface area contributed by atoms with Crippen LogP contribution in [0.2, 0.25) is 0 Å². The molecule has 0 aromatic heterocycles. The lowest BCUT2D eigenvalue weighted by Crippen LogP contribution is -2.52. The minimum absolute atomic E-state index is 0.182. The number of methoxy groups -OCH3 is 1. The van der Waals surface area contributed by atoms with Crippen molar-refractivity contribution in [2.45, 2.75) is 65.4 Å². The van der Waals surface area contributed by atoms with Crippen LogP contribution >= 0.6 is 0 Å². The highest BCUT2D eigenvalue weighted by Gasteiger charge is 2.45. The second kappa shape index (κ2) is 12.4. The fourth-order valence-electron chi connectivity index (χ4n) is 3.03. The van der Waals surface area contributed by atoms with Gasteiger partial charge in [-0.05, 0) is 0 Å². The van der Waals surface area contributed by atoms with Crippen LogP contribution in [-0.2, 0) is 57.2 Å². The van der Waals surface area contributed by atoms with Crippen molar-refractivity contribution in [1.29, 1.82) is 0 Å². The first-order chi connectivity index (χ1) is 15.3. The molecule has 0 spiro atoms. The Morgan fingerprint density at radius 2 is 1.55 bits per heavy atom. The second-order valence-electron chi connectivity index (χ2n) is 6.95. The number of amides is 1. The highest BCUT2D eigenvalue weighted by Crippen LogP contribution is 2.31. The third-order valence-electron chi connectivity index (χ3n) is 4.08. The van der Waals surface area contributed by atoms with Crippen LogP contribution < -0.4 is 5.32 Å². The van der Waals surface area contributed by atoms with Gasteiger partial charge >= 0.3 is 29.8 Å². The van der Waals surface area contributed by atoms with Crippen LogP contribution in [0.5, 0.6) is 0 Å². The number of carbonyl (C=O) groups is 6. The van der Waals surface area contributed by atoms with E-state index in [0.29, 0.717) is 0 Å². The molecule has 0 fully saturated rings. The lowest BCUT2D eigenvalue weighted by molar-refractivity contribution is -0.187. The van der Waals surface area contributed by atoms with Crippen molar-refractivity contribution in [3.8, 4) is 0 Å². The summed E-state index contributed by atoms with van der Waals surface area (Å²) in [6, 6.07) is -1.08. The molecule has 4 atom stereocenters. The predicted molar refractivity (Wildman–Crippen MR) is 106 cm³/mol. The minimum atomic E-state index is -1.39. The number of ether oxygens (including phenoxy) is 6. The standard InChI is InChI=1S/C20H27NO12/c1-9(22)21-14-7-15(33-19(20(27)28-6)17(14)31-12(4)25)18(32-13(5)26)16(30-11(3)24)8-29-10(2)23/h14-16,18H,7-8H2,1-6H3,(H,21,22)/t14-,15+,16+,18+/m0/s1. The highest BCUT2D eigenvalue weighted by atomic mass is 16.6. The second-order valence-corrected chi connectivity index (χ2v) is 6.95. The highest BCUT2D eigenvalue weighted by molar-refractivity contribution is 5.88. The molecule has 0 aliphatic carbocycles. The molecule has 1 aliphatic heterocycles. The Labute approximate surface area is 189 Å². The quantitative estimate of drug-likeness (QED) is 0.342. The van der Waals surface area contributed by atoms with Gasteiger partial charge in [0.1, 0.15) is 12.7 Å². The molecule has 0 radical (unpaired) electrons. The van der Waals surface area contributed by atoms with Crippen molar-refractivity contribution < 1.29 is 57.2 Å². The van der Waals surface area contributed by atoms with E-state index in [1.54, 1.807) is 0 Å². The molecule has 0 aromatic carbocycles. The van der Waals surface area contributed by atoms with Gasteiger partial charge in [-0.1, -0.05) is 0 Å². The Bertz CT molecular complexity index is 833. The van der Waals surface area contributed by atoms with Crippen LogP contribution in [0, 0.1) is 0 Å². The lowest BCUT2D eigenvalue weighted by Gasteiger charge is -2.38. The number of hydrogen-bond acceptors (Lipinski definition) is 12. The van der Waals surface area contributed by atoms with Crippen molar-refractivity contribution in [3.05, 3.63) is 11.5 Å². The molecule has 13 heteroatoms. The zero-order chi connectivity index (χ0) is 25.3. The molecule has 1 rings (SSSR count). The molecule has 1 amide bonds. The van der Waals surface area contributed by atoms with E-state index in [0.717, 1.165) is 34.8 Å². The van der Waals surface area contributed by atoms with E-state index in [9.17, 15) is 28.8 Å². The molecule has 1 N–H and O–H groups in total. The van der Waals surface area contributed by atoms with Crippen LogP contribution in [0.4, 0.5) is 0 Å². The van der Waals surface area contributed by atoms with Gasteiger partial charge in [-0.3, -0.25) is 24.0 Å². The summed E-state index contributed by atoms with van der Waals surface area (Å²) in [6.07, 6.45) is -4.12. The van der Waals surface area contributed by atoms with Gasteiger partial charge in [0.2, 0.25) is 11.7 Å². The van der Waals surface area contributed by atoms with Crippen LogP contribution in [0.25, 0.3) is 0 Å². The Morgan fingerprint density at radius 3 is 2.00 bits per heavy atom. The summed E-state index contributed by atoms with van der Waals surface area (Å²) in [7, 11) is 1.05. The number of nitrogens with one attached hydrogen (secondary N) is 1. The summed E-state index contributed by atoms with van der Waals surface area (Å²) >= 11 is 0. The molecule has 13 nitrogen and oxygen atoms in total. The van der Waals surface area contributed by atoms with Crippen LogP contribution in [0.15, 0.2) is 11.5 Å². The monoisotopic (exact) mass is 473 g/mol. The van der Waals surface area contributed by atoms with Gasteiger partial charge in [-0.2, -0.15) is 0 Å². The molecule has 0 bridgehead atoms. The van der Waals surface area contributed by atoms with Crippen LogP contribution in [0.1, 0.15) is 41.0 Å². The number of hydrogen-bond donors (Lipinski definition) is 1. The lowest BCUT2D eigenvalue weighted by atomic mass is 9.96. The number of rotatable bonds is 9. The minimum Gasteiger partial charge on any atom is -0.477 e. The smallest absolute Gasteiger partial charge is 0.377 e. The zero-order valence-electron chi connectivity index (χ0n) is 19.1. The van der Waals surface area contributed by atoms with Gasteiger partial charge in [0.05, 0.1) is 13.2 Å². The molecule has 1 heterocycles. The van der Waals surface area contributed by atoms with Crippen molar-refractivity contribution in [1.82, 2.24) is 5.32 Å². The topological polar surface area (TPSA) is 170 Å². The van der Waals surface area contributed by atoms with E-state index >= 15 is 0 Å². The van der Waals surface area contributed by atoms with Crippen LogP contribution in [0.3, 0.4) is 0 Å². The Balaban J connectivity index is 3.51. The third kappa shape index (κ3) is 8.79. The predicted octanol–water partition coefficient (Wildman–Crippen LogP) is -0.346. The van der Waals surface area contributed by atoms with Gasteiger partial charge in [-0.25, -0.2) is 4.79 Å². The van der Waals surface area contributed by atoms with E-state index in [2.05, 4.69) is 10.1 Å². The normalized spacial score (nSPS) is 19.2. The number of esters is 5. The molecular weight excluding hydrogens is 446 g/mol. The summed E-state index contributed by atoms with van der Waals surface area (Å²) in [6.45, 7) is 5.08. The van der Waals surface area contributed by atoms with Gasteiger partial charge in [0.15, 0.2) is 18.0 Å². The van der Waals surface area contributed by atoms with E-state index in [1.807, 2.05) is 0 Å². The van der Waals surface area contributed by atoms with E-state index < -0.39 is 72.5 Å². The molecular formula is C20H27NO12. The van der Waals surface area contributed by atoms with Crippen molar-refractivity contribution in [2.24, 2.45) is 0 Å².